The molecule has 0 amide bonds. The average molecular weight is 181 g/mol. The zero-order valence-corrected chi connectivity index (χ0v) is 9.29. The minimum atomic E-state index is 0.902. The molecular weight excluding hydrogens is 158 g/mol. The molecule has 1 nitrogen and oxygen atoms in total. The first-order valence-electron chi connectivity index (χ1n) is 5.88. The second kappa shape index (κ2) is 3.61. The molecule has 3 unspecified atom stereocenters. The Morgan fingerprint density at radius 3 is 2.69 bits per heavy atom. The summed E-state index contributed by atoms with van der Waals surface area (Å²) in [5, 5.41) is 0. The molecule has 0 aromatic rings. The lowest BCUT2D eigenvalue weighted by molar-refractivity contribution is 0.0775. The average Bonchev–Trinajstić information content (AvgIpc) is 2.35. The molecule has 3 atom stereocenters. The van der Waals surface area contributed by atoms with Gasteiger partial charge in [-0.2, -0.15) is 0 Å². The van der Waals surface area contributed by atoms with Crippen molar-refractivity contribution in [3.63, 3.8) is 0 Å². The van der Waals surface area contributed by atoms with Crippen LogP contribution in [0.2, 0.25) is 0 Å². The highest BCUT2D eigenvalue weighted by Crippen LogP contribution is 2.40. The maximum absolute atomic E-state index is 2.61. The number of nitrogens with zero attached hydrogens (tertiary/aromatic N) is 1. The van der Waals surface area contributed by atoms with Crippen LogP contribution >= 0.6 is 0 Å². The van der Waals surface area contributed by atoms with Gasteiger partial charge in [0, 0.05) is 12.6 Å². The Balaban J connectivity index is 2.11. The van der Waals surface area contributed by atoms with E-state index in [0.717, 1.165) is 23.8 Å². The Labute approximate surface area is 82.5 Å². The van der Waals surface area contributed by atoms with E-state index >= 15 is 0 Å². The molecule has 0 N–H and O–H groups in total. The normalized spacial score (nSPS) is 41.1. The van der Waals surface area contributed by atoms with E-state index in [1.807, 2.05) is 0 Å². The summed E-state index contributed by atoms with van der Waals surface area (Å²) in [6.45, 7) is 6.18. The molecule has 0 spiro atoms. The lowest BCUT2D eigenvalue weighted by atomic mass is 9.76. The Bertz CT molecular complexity index is 176. The standard InChI is InChI=1S/C12H23N/c1-9(2)12-7-11-6-4-5-10(12)8-13(11)3/h9-12H,4-8H2,1-3H3. The van der Waals surface area contributed by atoms with E-state index in [2.05, 4.69) is 25.8 Å². The van der Waals surface area contributed by atoms with Crippen LogP contribution in [-0.2, 0) is 0 Å². The van der Waals surface area contributed by atoms with Gasteiger partial charge in [0.15, 0.2) is 0 Å². The van der Waals surface area contributed by atoms with Gasteiger partial charge in [0.2, 0.25) is 0 Å². The van der Waals surface area contributed by atoms with Crippen LogP contribution in [0.3, 0.4) is 0 Å². The summed E-state index contributed by atoms with van der Waals surface area (Å²) in [7, 11) is 2.32. The Morgan fingerprint density at radius 1 is 1.23 bits per heavy atom. The second-order valence-corrected chi connectivity index (χ2v) is 5.43. The monoisotopic (exact) mass is 181 g/mol. The van der Waals surface area contributed by atoms with Gasteiger partial charge in [-0.15, -0.1) is 0 Å². The van der Waals surface area contributed by atoms with Crippen molar-refractivity contribution in [1.29, 1.82) is 0 Å². The van der Waals surface area contributed by atoms with Crippen LogP contribution in [0, 0.1) is 17.8 Å². The van der Waals surface area contributed by atoms with E-state index in [4.69, 9.17) is 0 Å². The number of hydrogen-bond acceptors (Lipinski definition) is 1. The lowest BCUT2D eigenvalue weighted by Gasteiger charge is -2.41. The van der Waals surface area contributed by atoms with E-state index < -0.39 is 0 Å². The van der Waals surface area contributed by atoms with Crippen molar-refractivity contribution in [2.24, 2.45) is 17.8 Å². The first kappa shape index (κ1) is 9.51. The summed E-state index contributed by atoms with van der Waals surface area (Å²) in [6, 6.07) is 0.908. The highest BCUT2D eigenvalue weighted by Gasteiger charge is 2.37. The van der Waals surface area contributed by atoms with Crippen LogP contribution in [-0.4, -0.2) is 24.5 Å². The molecule has 0 aromatic heterocycles. The second-order valence-electron chi connectivity index (χ2n) is 5.43. The van der Waals surface area contributed by atoms with Crippen molar-refractivity contribution >= 4 is 0 Å². The van der Waals surface area contributed by atoms with Crippen LogP contribution in [0.25, 0.3) is 0 Å². The third kappa shape index (κ3) is 1.76. The van der Waals surface area contributed by atoms with E-state index in [9.17, 15) is 0 Å². The molecule has 1 saturated carbocycles. The topological polar surface area (TPSA) is 3.24 Å². The van der Waals surface area contributed by atoms with Gasteiger partial charge in [-0.3, -0.25) is 0 Å². The third-order valence-corrected chi connectivity index (χ3v) is 4.26. The molecular formula is C12H23N. The SMILES string of the molecule is CC(C)C1CC2CCCC1CN2C. The predicted molar refractivity (Wildman–Crippen MR) is 56.7 cm³/mol. The summed E-state index contributed by atoms with van der Waals surface area (Å²) in [5.74, 6) is 2.92. The van der Waals surface area contributed by atoms with Crippen LogP contribution in [0.1, 0.15) is 39.5 Å². The van der Waals surface area contributed by atoms with Crippen LogP contribution in [0.15, 0.2) is 0 Å². The molecule has 2 aliphatic heterocycles. The molecule has 1 aliphatic carbocycles. The zero-order chi connectivity index (χ0) is 9.42. The summed E-state index contributed by atoms with van der Waals surface area (Å²) >= 11 is 0. The quantitative estimate of drug-likeness (QED) is 0.601. The van der Waals surface area contributed by atoms with Gasteiger partial charge in [0.05, 0.1) is 0 Å². The first-order chi connectivity index (χ1) is 6.18. The van der Waals surface area contributed by atoms with Crippen molar-refractivity contribution in [3.05, 3.63) is 0 Å². The van der Waals surface area contributed by atoms with Crippen molar-refractivity contribution in [1.82, 2.24) is 4.90 Å². The third-order valence-electron chi connectivity index (χ3n) is 4.26. The van der Waals surface area contributed by atoms with Gasteiger partial charge in [0.25, 0.3) is 0 Å². The molecule has 3 aliphatic rings. The van der Waals surface area contributed by atoms with Crippen molar-refractivity contribution < 1.29 is 0 Å². The molecule has 2 saturated heterocycles. The van der Waals surface area contributed by atoms with Gasteiger partial charge >= 0.3 is 0 Å². The molecule has 3 rings (SSSR count). The number of rotatable bonds is 1. The Morgan fingerprint density at radius 2 is 2.00 bits per heavy atom. The minimum Gasteiger partial charge on any atom is -0.303 e. The van der Waals surface area contributed by atoms with Gasteiger partial charge in [-0.1, -0.05) is 20.3 Å². The fraction of sp³-hybridized carbons (Fsp3) is 1.00. The summed E-state index contributed by atoms with van der Waals surface area (Å²) in [6.07, 6.45) is 5.89. The Kier molecular flexibility index (Phi) is 2.64. The highest BCUT2D eigenvalue weighted by molar-refractivity contribution is 4.90. The number of hydrogen-bond donors (Lipinski definition) is 0. The molecule has 76 valence electrons. The largest absolute Gasteiger partial charge is 0.303 e. The smallest absolute Gasteiger partial charge is 0.00951 e. The molecule has 13 heavy (non-hydrogen) atoms. The van der Waals surface area contributed by atoms with Crippen LogP contribution < -0.4 is 0 Å². The van der Waals surface area contributed by atoms with E-state index in [-0.39, 0.29) is 0 Å². The van der Waals surface area contributed by atoms with E-state index in [0.29, 0.717) is 0 Å². The maximum atomic E-state index is 2.61. The summed E-state index contributed by atoms with van der Waals surface area (Å²) < 4.78 is 0. The lowest BCUT2D eigenvalue weighted by Crippen LogP contribution is -2.44. The Hall–Kier alpha value is -0.0400. The van der Waals surface area contributed by atoms with Crippen molar-refractivity contribution in [2.75, 3.05) is 13.6 Å². The van der Waals surface area contributed by atoms with Crippen LogP contribution in [0.5, 0.6) is 0 Å². The molecule has 2 bridgehead atoms. The summed E-state index contributed by atoms with van der Waals surface area (Å²) in [5.41, 5.74) is 0. The van der Waals surface area contributed by atoms with Crippen molar-refractivity contribution in [3.8, 4) is 0 Å². The van der Waals surface area contributed by atoms with E-state index in [1.165, 1.54) is 32.2 Å². The predicted octanol–water partition coefficient (Wildman–Crippen LogP) is 2.76. The van der Waals surface area contributed by atoms with Crippen molar-refractivity contribution in [2.45, 2.75) is 45.6 Å². The van der Waals surface area contributed by atoms with Gasteiger partial charge in [-0.25, -0.2) is 0 Å². The maximum Gasteiger partial charge on any atom is 0.00951 e. The fourth-order valence-corrected chi connectivity index (χ4v) is 3.42. The zero-order valence-electron chi connectivity index (χ0n) is 9.29. The number of fused-ring (bicyclic) bond motifs is 4. The minimum absolute atomic E-state index is 0.902. The first-order valence-corrected chi connectivity index (χ1v) is 5.88. The van der Waals surface area contributed by atoms with Gasteiger partial charge < -0.3 is 4.90 Å². The van der Waals surface area contributed by atoms with E-state index in [1.54, 1.807) is 0 Å². The summed E-state index contributed by atoms with van der Waals surface area (Å²) in [4.78, 5) is 2.61. The van der Waals surface area contributed by atoms with Gasteiger partial charge in [0.1, 0.15) is 0 Å². The molecule has 3 fully saturated rings. The molecule has 0 radical (unpaired) electrons. The fourth-order valence-electron chi connectivity index (χ4n) is 3.42. The van der Waals surface area contributed by atoms with Crippen LogP contribution in [0.4, 0.5) is 0 Å². The highest BCUT2D eigenvalue weighted by atomic mass is 15.1. The molecule has 2 heterocycles. The van der Waals surface area contributed by atoms with Gasteiger partial charge in [-0.05, 0) is 44.1 Å². The molecule has 0 aromatic carbocycles. The number of piperidine rings is 1. The molecule has 1 heteroatoms.